The zero-order valence-electron chi connectivity index (χ0n) is 9.00. The van der Waals surface area contributed by atoms with Crippen LogP contribution in [0.1, 0.15) is 38.4 Å². The Labute approximate surface area is 105 Å². The molecular weight excluding hydrogens is 275 g/mol. The predicted octanol–water partition coefficient (Wildman–Crippen LogP) is 4.57. The van der Waals surface area contributed by atoms with Crippen LogP contribution in [0, 0.1) is 5.92 Å². The van der Waals surface area contributed by atoms with Gasteiger partial charge in [0.1, 0.15) is 0 Å². The maximum atomic E-state index is 10.0. The molecule has 0 fully saturated rings. The molecule has 2 unspecified atom stereocenters. The van der Waals surface area contributed by atoms with E-state index < -0.39 is 6.10 Å². The van der Waals surface area contributed by atoms with Crippen LogP contribution in [0.15, 0.2) is 22.7 Å². The Morgan fingerprint density at radius 1 is 1.47 bits per heavy atom. The van der Waals surface area contributed by atoms with E-state index in [0.29, 0.717) is 10.9 Å². The summed E-state index contributed by atoms with van der Waals surface area (Å²) in [6, 6.07) is 5.57. The molecule has 3 heteroatoms. The molecule has 1 aromatic carbocycles. The molecule has 0 spiro atoms. The summed E-state index contributed by atoms with van der Waals surface area (Å²) in [4.78, 5) is 0. The van der Waals surface area contributed by atoms with Gasteiger partial charge < -0.3 is 5.11 Å². The maximum absolute atomic E-state index is 10.0. The zero-order chi connectivity index (χ0) is 11.4. The molecule has 1 rings (SSSR count). The number of rotatable bonds is 4. The molecule has 1 aromatic rings. The van der Waals surface area contributed by atoms with E-state index >= 15 is 0 Å². The molecule has 15 heavy (non-hydrogen) atoms. The van der Waals surface area contributed by atoms with Crippen LogP contribution >= 0.6 is 27.5 Å². The topological polar surface area (TPSA) is 20.2 Å². The van der Waals surface area contributed by atoms with Crippen molar-refractivity contribution in [1.82, 2.24) is 0 Å². The van der Waals surface area contributed by atoms with E-state index in [9.17, 15) is 5.11 Å². The number of halogens is 2. The standard InChI is InChI=1S/C12H16BrClO/c1-3-8(2)6-12(15)10-7-9(13)4-5-11(10)14/h4-5,7-8,12,15H,3,6H2,1-2H3. The fourth-order valence-electron chi connectivity index (χ4n) is 1.44. The molecule has 2 atom stereocenters. The molecule has 0 aliphatic rings. The average Bonchev–Trinajstić information content (AvgIpc) is 2.21. The molecular formula is C12H16BrClO. The third-order valence-corrected chi connectivity index (χ3v) is 3.48. The van der Waals surface area contributed by atoms with Gasteiger partial charge in [0, 0.05) is 15.1 Å². The van der Waals surface area contributed by atoms with E-state index in [1.54, 1.807) is 6.07 Å². The lowest BCUT2D eigenvalue weighted by Gasteiger charge is -2.16. The third-order valence-electron chi connectivity index (χ3n) is 2.64. The van der Waals surface area contributed by atoms with Gasteiger partial charge in [-0.05, 0) is 30.5 Å². The van der Waals surface area contributed by atoms with Crippen molar-refractivity contribution in [2.75, 3.05) is 0 Å². The van der Waals surface area contributed by atoms with E-state index in [0.717, 1.165) is 22.9 Å². The van der Waals surface area contributed by atoms with Crippen LogP contribution in [-0.4, -0.2) is 5.11 Å². The van der Waals surface area contributed by atoms with Crippen molar-refractivity contribution in [2.45, 2.75) is 32.8 Å². The van der Waals surface area contributed by atoms with Crippen LogP contribution in [-0.2, 0) is 0 Å². The minimum atomic E-state index is -0.468. The summed E-state index contributed by atoms with van der Waals surface area (Å²) in [6.45, 7) is 4.26. The van der Waals surface area contributed by atoms with E-state index in [1.807, 2.05) is 12.1 Å². The summed E-state index contributed by atoms with van der Waals surface area (Å²) < 4.78 is 0.949. The predicted molar refractivity (Wildman–Crippen MR) is 68.2 cm³/mol. The first-order chi connectivity index (χ1) is 7.04. The smallest absolute Gasteiger partial charge is 0.0807 e. The van der Waals surface area contributed by atoms with E-state index in [2.05, 4.69) is 29.8 Å². The second-order valence-electron chi connectivity index (χ2n) is 3.93. The Morgan fingerprint density at radius 2 is 2.13 bits per heavy atom. The molecule has 0 aliphatic heterocycles. The summed E-state index contributed by atoms with van der Waals surface area (Å²) in [6.07, 6.45) is 1.36. The molecule has 0 heterocycles. The van der Waals surface area contributed by atoms with Crippen molar-refractivity contribution < 1.29 is 5.11 Å². The molecule has 0 aromatic heterocycles. The van der Waals surface area contributed by atoms with Gasteiger partial charge in [-0.2, -0.15) is 0 Å². The quantitative estimate of drug-likeness (QED) is 0.861. The zero-order valence-corrected chi connectivity index (χ0v) is 11.3. The highest BCUT2D eigenvalue weighted by molar-refractivity contribution is 9.10. The third kappa shape index (κ3) is 3.78. The fourth-order valence-corrected chi connectivity index (χ4v) is 2.07. The van der Waals surface area contributed by atoms with Crippen molar-refractivity contribution >= 4 is 27.5 Å². The molecule has 0 amide bonds. The van der Waals surface area contributed by atoms with Crippen molar-refractivity contribution in [3.8, 4) is 0 Å². The van der Waals surface area contributed by atoms with Gasteiger partial charge in [-0.1, -0.05) is 47.8 Å². The van der Waals surface area contributed by atoms with E-state index in [4.69, 9.17) is 11.6 Å². The Kier molecular flexibility index (Phi) is 5.10. The van der Waals surface area contributed by atoms with Gasteiger partial charge >= 0.3 is 0 Å². The van der Waals surface area contributed by atoms with Gasteiger partial charge in [-0.3, -0.25) is 0 Å². The molecule has 1 nitrogen and oxygen atoms in total. The second-order valence-corrected chi connectivity index (χ2v) is 5.25. The largest absolute Gasteiger partial charge is 0.388 e. The highest BCUT2D eigenvalue weighted by Crippen LogP contribution is 2.30. The lowest BCUT2D eigenvalue weighted by Crippen LogP contribution is -2.04. The summed E-state index contributed by atoms with van der Waals surface area (Å²) in [5.41, 5.74) is 0.811. The van der Waals surface area contributed by atoms with Crippen molar-refractivity contribution in [3.05, 3.63) is 33.3 Å². The van der Waals surface area contributed by atoms with Crippen molar-refractivity contribution in [3.63, 3.8) is 0 Å². The summed E-state index contributed by atoms with van der Waals surface area (Å²) >= 11 is 9.42. The van der Waals surface area contributed by atoms with E-state index in [-0.39, 0.29) is 0 Å². The number of benzene rings is 1. The SMILES string of the molecule is CCC(C)CC(O)c1cc(Br)ccc1Cl. The van der Waals surface area contributed by atoms with Gasteiger partial charge in [0.15, 0.2) is 0 Å². The normalized spacial score (nSPS) is 15.0. The van der Waals surface area contributed by atoms with Crippen molar-refractivity contribution in [1.29, 1.82) is 0 Å². The molecule has 0 bridgehead atoms. The van der Waals surface area contributed by atoms with Gasteiger partial charge in [-0.15, -0.1) is 0 Å². The Bertz CT molecular complexity index is 327. The van der Waals surface area contributed by atoms with Crippen LogP contribution in [0.4, 0.5) is 0 Å². The number of hydrogen-bond donors (Lipinski definition) is 1. The minimum Gasteiger partial charge on any atom is -0.388 e. The Morgan fingerprint density at radius 3 is 2.73 bits per heavy atom. The average molecular weight is 292 g/mol. The monoisotopic (exact) mass is 290 g/mol. The molecule has 0 saturated heterocycles. The first-order valence-corrected chi connectivity index (χ1v) is 6.34. The van der Waals surface area contributed by atoms with Gasteiger partial charge in [0.05, 0.1) is 6.10 Å². The van der Waals surface area contributed by atoms with Gasteiger partial charge in [0.25, 0.3) is 0 Å². The Hall–Kier alpha value is -0.0500. The highest BCUT2D eigenvalue weighted by atomic mass is 79.9. The van der Waals surface area contributed by atoms with Crippen molar-refractivity contribution in [2.24, 2.45) is 5.92 Å². The van der Waals surface area contributed by atoms with Crippen LogP contribution < -0.4 is 0 Å². The molecule has 84 valence electrons. The Balaban J connectivity index is 2.80. The lowest BCUT2D eigenvalue weighted by atomic mass is 9.96. The summed E-state index contributed by atoms with van der Waals surface area (Å²) in [5.74, 6) is 0.509. The summed E-state index contributed by atoms with van der Waals surface area (Å²) in [5, 5.41) is 10.7. The molecule has 0 saturated carbocycles. The van der Waals surface area contributed by atoms with Gasteiger partial charge in [-0.25, -0.2) is 0 Å². The van der Waals surface area contributed by atoms with Crippen LogP contribution in [0.3, 0.4) is 0 Å². The first kappa shape index (κ1) is 13.0. The van der Waals surface area contributed by atoms with Crippen LogP contribution in [0.2, 0.25) is 5.02 Å². The van der Waals surface area contributed by atoms with Gasteiger partial charge in [0.2, 0.25) is 0 Å². The number of aliphatic hydroxyl groups excluding tert-OH is 1. The fraction of sp³-hybridized carbons (Fsp3) is 0.500. The van der Waals surface area contributed by atoms with Crippen LogP contribution in [0.5, 0.6) is 0 Å². The number of hydrogen-bond acceptors (Lipinski definition) is 1. The molecule has 0 aliphatic carbocycles. The summed E-state index contributed by atoms with van der Waals surface area (Å²) in [7, 11) is 0. The maximum Gasteiger partial charge on any atom is 0.0807 e. The van der Waals surface area contributed by atoms with Crippen LogP contribution in [0.25, 0.3) is 0 Å². The minimum absolute atomic E-state index is 0.468. The first-order valence-electron chi connectivity index (χ1n) is 5.17. The lowest BCUT2D eigenvalue weighted by molar-refractivity contribution is 0.146. The molecule has 0 radical (unpaired) electrons. The van der Waals surface area contributed by atoms with E-state index in [1.165, 1.54) is 0 Å². The number of aliphatic hydroxyl groups is 1. The highest BCUT2D eigenvalue weighted by Gasteiger charge is 2.14. The molecule has 1 N–H and O–H groups in total. The second kappa shape index (κ2) is 5.88.